The van der Waals surface area contributed by atoms with Gasteiger partial charge in [-0.1, -0.05) is 13.8 Å². The summed E-state index contributed by atoms with van der Waals surface area (Å²) in [7, 11) is 1.64. The number of carbonyl (C=O) groups excluding carboxylic acids is 1. The number of ether oxygens (including phenoxy) is 3. The van der Waals surface area contributed by atoms with Gasteiger partial charge in [-0.25, -0.2) is 0 Å². The Morgan fingerprint density at radius 3 is 2.45 bits per heavy atom. The van der Waals surface area contributed by atoms with E-state index in [1.165, 1.54) is 0 Å². The van der Waals surface area contributed by atoms with Crippen LogP contribution >= 0.6 is 11.6 Å². The number of halogens is 1. The van der Waals surface area contributed by atoms with E-state index in [-0.39, 0.29) is 18.0 Å². The zero-order valence-electron chi connectivity index (χ0n) is 19.2. The number of Topliss-reactive ketones (excluding diaryl/α,β-unsaturated/α-hetero) is 1. The van der Waals surface area contributed by atoms with Crippen LogP contribution in [0, 0.1) is 13.8 Å². The SMILES string of the molecule is CC.COC1C=c2c(Oc3cc(C)c(C)cc3C(C)=O)ccnc2=CC1OCCCCl. The summed E-state index contributed by atoms with van der Waals surface area (Å²) in [6.07, 6.45) is 5.85. The number of hydrogen-bond donors (Lipinski definition) is 0. The second-order valence-electron chi connectivity index (χ2n) is 7.11. The number of fused-ring (bicyclic) bond motifs is 1. The topological polar surface area (TPSA) is 57.7 Å². The monoisotopic (exact) mass is 445 g/mol. The first-order chi connectivity index (χ1) is 14.9. The highest BCUT2D eigenvalue weighted by atomic mass is 35.5. The van der Waals surface area contributed by atoms with Crippen LogP contribution in [0.5, 0.6) is 11.5 Å². The second kappa shape index (κ2) is 12.0. The van der Waals surface area contributed by atoms with Crippen molar-refractivity contribution in [3.05, 3.63) is 51.7 Å². The van der Waals surface area contributed by atoms with Gasteiger partial charge in [0.1, 0.15) is 23.7 Å². The summed E-state index contributed by atoms with van der Waals surface area (Å²) >= 11 is 5.74. The maximum atomic E-state index is 12.1. The average Bonchev–Trinajstić information content (AvgIpc) is 2.77. The summed E-state index contributed by atoms with van der Waals surface area (Å²) in [6, 6.07) is 5.57. The number of carbonyl (C=O) groups is 1. The number of aromatic nitrogens is 1. The molecule has 0 fully saturated rings. The van der Waals surface area contributed by atoms with Crippen molar-refractivity contribution in [1.29, 1.82) is 0 Å². The Labute approximate surface area is 189 Å². The van der Waals surface area contributed by atoms with Crippen LogP contribution in [0.3, 0.4) is 0 Å². The summed E-state index contributed by atoms with van der Waals surface area (Å²) in [5, 5.41) is 1.59. The summed E-state index contributed by atoms with van der Waals surface area (Å²) < 4.78 is 17.7. The van der Waals surface area contributed by atoms with E-state index in [4.69, 9.17) is 25.8 Å². The van der Waals surface area contributed by atoms with Crippen LogP contribution in [0.1, 0.15) is 48.7 Å². The minimum atomic E-state index is -0.267. The molecule has 0 bridgehead atoms. The highest BCUT2D eigenvalue weighted by Crippen LogP contribution is 2.27. The van der Waals surface area contributed by atoms with Crippen molar-refractivity contribution >= 4 is 29.5 Å². The van der Waals surface area contributed by atoms with Crippen molar-refractivity contribution in [1.82, 2.24) is 4.98 Å². The Morgan fingerprint density at radius 2 is 1.81 bits per heavy atom. The highest BCUT2D eigenvalue weighted by molar-refractivity contribution is 6.17. The van der Waals surface area contributed by atoms with Gasteiger partial charge >= 0.3 is 0 Å². The molecule has 0 amide bonds. The molecule has 168 valence electrons. The first-order valence-electron chi connectivity index (χ1n) is 10.6. The van der Waals surface area contributed by atoms with Crippen molar-refractivity contribution in [2.75, 3.05) is 19.6 Å². The molecule has 1 aromatic heterocycles. The molecule has 31 heavy (non-hydrogen) atoms. The number of pyridine rings is 1. The number of rotatable bonds is 8. The summed E-state index contributed by atoms with van der Waals surface area (Å²) in [6.45, 7) is 10.1. The van der Waals surface area contributed by atoms with Gasteiger partial charge in [0, 0.05) is 31.0 Å². The van der Waals surface area contributed by atoms with Crippen LogP contribution in [0.15, 0.2) is 24.4 Å². The van der Waals surface area contributed by atoms with Gasteiger partial charge in [-0.2, -0.15) is 0 Å². The molecule has 0 aliphatic heterocycles. The van der Waals surface area contributed by atoms with Crippen molar-refractivity contribution in [3.8, 4) is 11.5 Å². The van der Waals surface area contributed by atoms with Gasteiger partial charge in [0.2, 0.25) is 0 Å². The molecule has 1 aliphatic rings. The second-order valence-corrected chi connectivity index (χ2v) is 7.49. The van der Waals surface area contributed by atoms with Gasteiger partial charge in [0.15, 0.2) is 5.78 Å². The highest BCUT2D eigenvalue weighted by Gasteiger charge is 2.22. The van der Waals surface area contributed by atoms with Gasteiger partial charge < -0.3 is 14.2 Å². The lowest BCUT2D eigenvalue weighted by Gasteiger charge is -2.24. The molecule has 0 saturated carbocycles. The third kappa shape index (κ3) is 6.16. The maximum Gasteiger partial charge on any atom is 0.163 e. The molecular formula is C25H32ClNO4. The first-order valence-corrected chi connectivity index (χ1v) is 11.2. The lowest BCUT2D eigenvalue weighted by atomic mass is 10.0. The molecule has 1 aromatic carbocycles. The van der Waals surface area contributed by atoms with Crippen LogP contribution in [0.2, 0.25) is 0 Å². The van der Waals surface area contributed by atoms with Gasteiger partial charge in [-0.3, -0.25) is 9.78 Å². The van der Waals surface area contributed by atoms with E-state index in [9.17, 15) is 4.79 Å². The minimum absolute atomic E-state index is 0.0379. The number of alkyl halides is 1. The number of nitrogens with zero attached hydrogens (tertiary/aromatic N) is 1. The molecule has 1 heterocycles. The van der Waals surface area contributed by atoms with Crippen molar-refractivity contribution in [2.24, 2.45) is 0 Å². The molecule has 1 aliphatic carbocycles. The fourth-order valence-corrected chi connectivity index (χ4v) is 3.37. The molecule has 0 spiro atoms. The lowest BCUT2D eigenvalue weighted by molar-refractivity contribution is 0.00486. The number of benzene rings is 1. The molecule has 2 unspecified atom stereocenters. The number of ketones is 1. The van der Waals surface area contributed by atoms with Crippen LogP contribution in [-0.4, -0.2) is 42.6 Å². The Balaban J connectivity index is 0.00000166. The fraction of sp³-hybridized carbons (Fsp3) is 0.440. The quantitative estimate of drug-likeness (QED) is 0.344. The van der Waals surface area contributed by atoms with E-state index in [1.807, 2.05) is 52.0 Å². The first kappa shape index (κ1) is 25.1. The third-order valence-electron chi connectivity index (χ3n) is 5.01. The standard InChI is InChI=1S/C23H26ClNO4.C2H6/c1-14-10-17(16(3)26)21(11-15(14)2)29-20-6-8-25-19-13-23(28-9-5-7-24)22(27-4)12-18(19)20;1-2/h6,8,10-13,22-23H,5,7,9H2,1-4H3;1-2H3. The van der Waals surface area contributed by atoms with Gasteiger partial charge in [0.05, 0.1) is 10.9 Å². The predicted octanol–water partition coefficient (Wildman–Crippen LogP) is 4.32. The Hall–Kier alpha value is -2.21. The molecule has 0 radical (unpaired) electrons. The van der Waals surface area contributed by atoms with Crippen LogP contribution in [0.25, 0.3) is 12.2 Å². The van der Waals surface area contributed by atoms with E-state index < -0.39 is 0 Å². The Kier molecular flexibility index (Phi) is 9.69. The van der Waals surface area contributed by atoms with Gasteiger partial charge in [0.25, 0.3) is 0 Å². The van der Waals surface area contributed by atoms with E-state index in [1.54, 1.807) is 26.3 Å². The van der Waals surface area contributed by atoms with E-state index >= 15 is 0 Å². The van der Waals surface area contributed by atoms with Gasteiger partial charge in [-0.05, 0) is 68.7 Å². The maximum absolute atomic E-state index is 12.1. The van der Waals surface area contributed by atoms with E-state index in [2.05, 4.69) is 4.98 Å². The molecule has 0 N–H and O–H groups in total. The molecule has 2 atom stereocenters. The average molecular weight is 446 g/mol. The zero-order chi connectivity index (χ0) is 23.0. The Morgan fingerprint density at radius 1 is 1.10 bits per heavy atom. The predicted molar refractivity (Wildman–Crippen MR) is 126 cm³/mol. The fourth-order valence-electron chi connectivity index (χ4n) is 3.26. The van der Waals surface area contributed by atoms with E-state index in [0.29, 0.717) is 29.5 Å². The van der Waals surface area contributed by atoms with Crippen LogP contribution < -0.4 is 15.3 Å². The normalized spacial score (nSPS) is 16.9. The Bertz CT molecular complexity index is 1020. The van der Waals surface area contributed by atoms with Crippen LogP contribution in [-0.2, 0) is 9.47 Å². The summed E-state index contributed by atoms with van der Waals surface area (Å²) in [5.41, 5.74) is 2.67. The van der Waals surface area contributed by atoms with Crippen LogP contribution in [0.4, 0.5) is 0 Å². The smallest absolute Gasteiger partial charge is 0.163 e. The molecule has 3 rings (SSSR count). The largest absolute Gasteiger partial charge is 0.456 e. The minimum Gasteiger partial charge on any atom is -0.456 e. The number of methoxy groups -OCH3 is 1. The van der Waals surface area contributed by atoms with Crippen molar-refractivity contribution in [3.63, 3.8) is 0 Å². The summed E-state index contributed by atoms with van der Waals surface area (Å²) in [4.78, 5) is 16.6. The zero-order valence-corrected chi connectivity index (χ0v) is 20.0. The molecular weight excluding hydrogens is 414 g/mol. The van der Waals surface area contributed by atoms with Crippen molar-refractivity contribution < 1.29 is 19.0 Å². The molecule has 5 nitrogen and oxygen atoms in total. The third-order valence-corrected chi connectivity index (χ3v) is 5.28. The molecule has 2 aromatic rings. The molecule has 6 heteroatoms. The lowest BCUT2D eigenvalue weighted by Crippen LogP contribution is -2.42. The summed E-state index contributed by atoms with van der Waals surface area (Å²) in [5.74, 6) is 1.68. The molecule has 0 saturated heterocycles. The van der Waals surface area contributed by atoms with Gasteiger partial charge in [-0.15, -0.1) is 11.6 Å². The number of hydrogen-bond acceptors (Lipinski definition) is 5. The van der Waals surface area contributed by atoms with Crippen molar-refractivity contribution in [2.45, 2.75) is 53.2 Å². The van der Waals surface area contributed by atoms with E-state index in [0.717, 1.165) is 28.1 Å². The number of aryl methyl sites for hydroxylation is 2.